The third-order valence-corrected chi connectivity index (χ3v) is 2.41. The van der Waals surface area contributed by atoms with Crippen molar-refractivity contribution in [2.75, 3.05) is 14.1 Å². The van der Waals surface area contributed by atoms with Gasteiger partial charge in [-0.25, -0.2) is 9.59 Å². The zero-order valence-corrected chi connectivity index (χ0v) is 10.0. The van der Waals surface area contributed by atoms with Gasteiger partial charge < -0.3 is 21.7 Å². The van der Waals surface area contributed by atoms with Gasteiger partial charge >= 0.3 is 12.1 Å². The van der Waals surface area contributed by atoms with Crippen molar-refractivity contribution < 1.29 is 9.59 Å². The minimum atomic E-state index is -0.382. The van der Waals surface area contributed by atoms with Crippen molar-refractivity contribution in [1.29, 1.82) is 0 Å². The van der Waals surface area contributed by atoms with Crippen LogP contribution in [0.15, 0.2) is 0 Å². The summed E-state index contributed by atoms with van der Waals surface area (Å²) in [6.45, 7) is 0. The second-order valence-corrected chi connectivity index (χ2v) is 3.67. The minimum Gasteiger partial charge on any atom is -0.352 e. The lowest BCUT2D eigenvalue weighted by Gasteiger charge is -2.21. The summed E-state index contributed by atoms with van der Waals surface area (Å²) in [6.07, 6.45) is 5.96. The molecular weight excluding hydrogens is 208 g/mol. The number of nitrogens with two attached hydrogens (primary N) is 1. The largest absolute Gasteiger partial charge is 0.352 e. The van der Waals surface area contributed by atoms with Crippen molar-refractivity contribution in [1.82, 2.24) is 16.0 Å². The van der Waals surface area contributed by atoms with Crippen molar-refractivity contribution in [3.63, 3.8) is 0 Å². The Morgan fingerprint density at radius 3 is 1.88 bits per heavy atom. The molecule has 0 unspecified atom stereocenters. The third kappa shape index (κ3) is 7.90. The molecule has 0 bridgehead atoms. The fraction of sp³-hybridized carbons (Fsp3) is 0.800. The number of carbonyl (C=O) groups excluding carboxylic acids is 2. The van der Waals surface area contributed by atoms with Gasteiger partial charge in [-0.15, -0.1) is 0 Å². The van der Waals surface area contributed by atoms with E-state index in [9.17, 15) is 9.59 Å². The number of hydrogen-bond donors (Lipinski definition) is 4. The van der Waals surface area contributed by atoms with Crippen LogP contribution < -0.4 is 21.7 Å². The van der Waals surface area contributed by atoms with Crippen LogP contribution in [0.4, 0.5) is 9.59 Å². The Kier molecular flexibility index (Phi) is 8.01. The molecule has 1 saturated carbocycles. The molecule has 0 aliphatic heterocycles. The van der Waals surface area contributed by atoms with Crippen LogP contribution in [0.5, 0.6) is 0 Å². The zero-order chi connectivity index (χ0) is 12.4. The molecule has 0 spiro atoms. The van der Waals surface area contributed by atoms with E-state index >= 15 is 0 Å². The van der Waals surface area contributed by atoms with Gasteiger partial charge in [0.15, 0.2) is 0 Å². The molecule has 16 heavy (non-hydrogen) atoms. The second-order valence-electron chi connectivity index (χ2n) is 3.67. The Labute approximate surface area is 96.3 Å². The molecule has 4 amide bonds. The standard InChI is InChI=1S/C7H14N2O.C3H8N2O/c8-7(10)9-6-4-2-1-3-5-6;1-4-3(6)5-2/h6H,1-5H2,(H3,8,9,10);1-2H3,(H2,4,5,6). The fourth-order valence-electron chi connectivity index (χ4n) is 1.57. The van der Waals surface area contributed by atoms with Crippen molar-refractivity contribution in [3.05, 3.63) is 0 Å². The maximum absolute atomic E-state index is 10.4. The summed E-state index contributed by atoms with van der Waals surface area (Å²) in [5.74, 6) is 0. The average molecular weight is 230 g/mol. The molecule has 1 fully saturated rings. The molecule has 1 rings (SSSR count). The molecule has 0 aromatic rings. The first-order valence-corrected chi connectivity index (χ1v) is 5.55. The van der Waals surface area contributed by atoms with E-state index < -0.39 is 0 Å². The lowest BCUT2D eigenvalue weighted by molar-refractivity contribution is 0.240. The first kappa shape index (κ1) is 14.5. The number of urea groups is 2. The molecule has 0 aromatic carbocycles. The normalized spacial score (nSPS) is 15.4. The molecule has 0 radical (unpaired) electrons. The minimum absolute atomic E-state index is 0.157. The molecule has 0 saturated heterocycles. The summed E-state index contributed by atoms with van der Waals surface area (Å²) in [7, 11) is 3.14. The van der Waals surface area contributed by atoms with E-state index in [1.807, 2.05) is 0 Å². The first-order chi connectivity index (χ1) is 7.60. The monoisotopic (exact) mass is 230 g/mol. The molecule has 0 aromatic heterocycles. The van der Waals surface area contributed by atoms with Gasteiger partial charge in [-0.3, -0.25) is 0 Å². The van der Waals surface area contributed by atoms with Crippen molar-refractivity contribution in [3.8, 4) is 0 Å². The van der Waals surface area contributed by atoms with Gasteiger partial charge in [0.1, 0.15) is 0 Å². The van der Waals surface area contributed by atoms with Gasteiger partial charge in [0.05, 0.1) is 0 Å². The number of nitrogens with one attached hydrogen (secondary N) is 3. The van der Waals surface area contributed by atoms with E-state index in [0.717, 1.165) is 12.8 Å². The molecular formula is C10H22N4O2. The van der Waals surface area contributed by atoms with Crippen LogP contribution >= 0.6 is 0 Å². The molecule has 1 aliphatic rings. The molecule has 5 N–H and O–H groups in total. The highest BCUT2D eigenvalue weighted by Crippen LogP contribution is 2.16. The van der Waals surface area contributed by atoms with Gasteiger partial charge in [0.2, 0.25) is 0 Å². The van der Waals surface area contributed by atoms with E-state index in [1.54, 1.807) is 14.1 Å². The van der Waals surface area contributed by atoms with E-state index in [4.69, 9.17) is 5.73 Å². The SMILES string of the molecule is CNC(=O)NC.NC(=O)NC1CCCCC1. The quantitative estimate of drug-likeness (QED) is 0.528. The van der Waals surface area contributed by atoms with Crippen LogP contribution in [-0.2, 0) is 0 Å². The average Bonchev–Trinajstić information content (AvgIpc) is 2.29. The Hall–Kier alpha value is -1.46. The first-order valence-electron chi connectivity index (χ1n) is 5.55. The van der Waals surface area contributed by atoms with E-state index in [0.29, 0.717) is 6.04 Å². The van der Waals surface area contributed by atoms with Crippen molar-refractivity contribution in [2.45, 2.75) is 38.1 Å². The lowest BCUT2D eigenvalue weighted by Crippen LogP contribution is -2.39. The topological polar surface area (TPSA) is 96.2 Å². The summed E-state index contributed by atoms with van der Waals surface area (Å²) in [4.78, 5) is 20.3. The van der Waals surface area contributed by atoms with Crippen LogP contribution in [0.3, 0.4) is 0 Å². The number of primary amides is 1. The van der Waals surface area contributed by atoms with E-state index in [-0.39, 0.29) is 12.1 Å². The maximum atomic E-state index is 10.4. The van der Waals surface area contributed by atoms with Gasteiger partial charge in [-0.1, -0.05) is 19.3 Å². The van der Waals surface area contributed by atoms with Crippen LogP contribution in [0.2, 0.25) is 0 Å². The fourth-order valence-corrected chi connectivity index (χ4v) is 1.57. The lowest BCUT2D eigenvalue weighted by atomic mass is 9.96. The summed E-state index contributed by atoms with van der Waals surface area (Å²) < 4.78 is 0. The van der Waals surface area contributed by atoms with Crippen LogP contribution in [-0.4, -0.2) is 32.2 Å². The Balaban J connectivity index is 0.000000325. The Morgan fingerprint density at radius 2 is 1.56 bits per heavy atom. The number of carbonyl (C=O) groups is 2. The molecule has 1 aliphatic carbocycles. The zero-order valence-electron chi connectivity index (χ0n) is 10.0. The van der Waals surface area contributed by atoms with Gasteiger partial charge in [-0.2, -0.15) is 0 Å². The van der Waals surface area contributed by atoms with E-state index in [2.05, 4.69) is 16.0 Å². The molecule has 0 heterocycles. The maximum Gasteiger partial charge on any atom is 0.314 e. The smallest absolute Gasteiger partial charge is 0.314 e. The third-order valence-electron chi connectivity index (χ3n) is 2.41. The van der Waals surface area contributed by atoms with Crippen molar-refractivity contribution >= 4 is 12.1 Å². The molecule has 6 heteroatoms. The van der Waals surface area contributed by atoms with Crippen LogP contribution in [0, 0.1) is 0 Å². The van der Waals surface area contributed by atoms with Crippen LogP contribution in [0.25, 0.3) is 0 Å². The Bertz CT molecular complexity index is 209. The number of rotatable bonds is 1. The van der Waals surface area contributed by atoms with Gasteiger partial charge in [-0.05, 0) is 12.8 Å². The van der Waals surface area contributed by atoms with Crippen molar-refractivity contribution in [2.24, 2.45) is 5.73 Å². The summed E-state index contributed by atoms with van der Waals surface area (Å²) >= 11 is 0. The van der Waals surface area contributed by atoms with Gasteiger partial charge in [0, 0.05) is 20.1 Å². The van der Waals surface area contributed by atoms with Crippen LogP contribution in [0.1, 0.15) is 32.1 Å². The second kappa shape index (κ2) is 8.82. The highest BCUT2D eigenvalue weighted by atomic mass is 16.2. The molecule has 0 atom stereocenters. The predicted octanol–water partition coefficient (Wildman–Crippen LogP) is 0.533. The summed E-state index contributed by atoms with van der Waals surface area (Å²) in [5, 5.41) is 7.45. The number of amides is 4. The molecule has 94 valence electrons. The summed E-state index contributed by atoms with van der Waals surface area (Å²) in [5.41, 5.74) is 4.97. The van der Waals surface area contributed by atoms with E-state index in [1.165, 1.54) is 19.3 Å². The summed E-state index contributed by atoms with van der Waals surface area (Å²) in [6, 6.07) is -0.187. The highest BCUT2D eigenvalue weighted by molar-refractivity contribution is 5.72. The predicted molar refractivity (Wildman–Crippen MR) is 63.1 cm³/mol. The highest BCUT2D eigenvalue weighted by Gasteiger charge is 2.13. The number of hydrogen-bond acceptors (Lipinski definition) is 2. The molecule has 6 nitrogen and oxygen atoms in total. The van der Waals surface area contributed by atoms with Gasteiger partial charge in [0.25, 0.3) is 0 Å². The Morgan fingerprint density at radius 1 is 1.06 bits per heavy atom.